The number of aromatic nitrogens is 1. The Balaban J connectivity index is 1.72. The molecule has 3 heterocycles. The van der Waals surface area contributed by atoms with Crippen LogP contribution in [-0.2, 0) is 0 Å². The molecule has 1 aliphatic heterocycles. The highest BCUT2D eigenvalue weighted by Crippen LogP contribution is 2.40. The highest BCUT2D eigenvalue weighted by molar-refractivity contribution is 7.80. The molecular weight excluding hydrogens is 389 g/mol. The molecule has 1 N–H and O–H groups in total. The third kappa shape index (κ3) is 3.07. The summed E-state index contributed by atoms with van der Waals surface area (Å²) in [4.78, 5) is 6.45. The lowest BCUT2D eigenvalue weighted by Gasteiger charge is -2.21. The van der Waals surface area contributed by atoms with Crippen LogP contribution in [0.25, 0.3) is 11.3 Å². The summed E-state index contributed by atoms with van der Waals surface area (Å²) in [5.74, 6) is 1.48. The fraction of sp³-hybridized carbons (Fsp3) is 0.158. The fourth-order valence-electron chi connectivity index (χ4n) is 3.16. The van der Waals surface area contributed by atoms with Gasteiger partial charge in [-0.25, -0.2) is 0 Å². The molecule has 4 rings (SSSR count). The number of hydrogen-bond acceptors (Lipinski definition) is 3. The summed E-state index contributed by atoms with van der Waals surface area (Å²) in [7, 11) is 1.94. The maximum absolute atomic E-state index is 6.31. The number of likely N-dealkylation sites (N-methyl/N-ethyl adjacent to an activating group) is 1. The van der Waals surface area contributed by atoms with Gasteiger partial charge in [-0.1, -0.05) is 29.3 Å². The Morgan fingerprint density at radius 3 is 2.73 bits per heavy atom. The summed E-state index contributed by atoms with van der Waals surface area (Å²) in [6.07, 6.45) is 1.77. The number of nitrogens with one attached hydrogen (secondary N) is 1. The standard InChI is InChI=1S/C19H15Cl2N3OS/c1-24-18(17(23-19(24)26)14-4-2-3-9-22-14)16-8-7-15(25-16)12-6-5-11(20)10-13(12)21/h2-10,17-18H,1H3,(H,23,26)/t17-,18-/m0/s1. The van der Waals surface area contributed by atoms with Crippen molar-refractivity contribution in [2.75, 3.05) is 7.05 Å². The van der Waals surface area contributed by atoms with E-state index in [0.717, 1.165) is 17.0 Å². The third-order valence-corrected chi connectivity index (χ3v) is 5.41. The Hall–Kier alpha value is -2.08. The number of hydrogen-bond donors (Lipinski definition) is 1. The zero-order chi connectivity index (χ0) is 18.3. The van der Waals surface area contributed by atoms with Crippen LogP contribution in [0.2, 0.25) is 10.0 Å². The van der Waals surface area contributed by atoms with E-state index < -0.39 is 0 Å². The number of thiocarbonyl (C=S) groups is 1. The van der Waals surface area contributed by atoms with Crippen molar-refractivity contribution in [1.29, 1.82) is 0 Å². The van der Waals surface area contributed by atoms with Crippen LogP contribution in [0.5, 0.6) is 0 Å². The van der Waals surface area contributed by atoms with Crippen LogP contribution in [0, 0.1) is 0 Å². The third-order valence-electron chi connectivity index (χ3n) is 4.45. The first kappa shape index (κ1) is 17.3. The Morgan fingerprint density at radius 1 is 1.15 bits per heavy atom. The molecule has 26 heavy (non-hydrogen) atoms. The summed E-state index contributed by atoms with van der Waals surface area (Å²) in [5, 5.41) is 5.13. The molecule has 0 bridgehead atoms. The van der Waals surface area contributed by atoms with Gasteiger partial charge in [-0.3, -0.25) is 4.98 Å². The summed E-state index contributed by atoms with van der Waals surface area (Å²) < 4.78 is 6.15. The van der Waals surface area contributed by atoms with Crippen molar-refractivity contribution in [3.8, 4) is 11.3 Å². The van der Waals surface area contributed by atoms with Crippen molar-refractivity contribution in [3.05, 3.63) is 76.2 Å². The van der Waals surface area contributed by atoms with Crippen molar-refractivity contribution in [2.45, 2.75) is 12.1 Å². The van der Waals surface area contributed by atoms with E-state index in [-0.39, 0.29) is 12.1 Å². The minimum absolute atomic E-state index is 0.0895. The van der Waals surface area contributed by atoms with Crippen molar-refractivity contribution in [1.82, 2.24) is 15.2 Å². The smallest absolute Gasteiger partial charge is 0.170 e. The average molecular weight is 404 g/mol. The number of halogens is 2. The quantitative estimate of drug-likeness (QED) is 0.604. The fourth-order valence-corrected chi connectivity index (χ4v) is 3.90. The largest absolute Gasteiger partial charge is 0.459 e. The molecular formula is C19H15Cl2N3OS. The predicted octanol–water partition coefficient (Wildman–Crippen LogP) is 5.25. The van der Waals surface area contributed by atoms with Gasteiger partial charge < -0.3 is 14.6 Å². The Labute approximate surface area is 166 Å². The molecule has 0 saturated carbocycles. The van der Waals surface area contributed by atoms with Crippen LogP contribution in [-0.4, -0.2) is 22.0 Å². The van der Waals surface area contributed by atoms with E-state index in [2.05, 4.69) is 10.3 Å². The second-order valence-electron chi connectivity index (χ2n) is 6.06. The summed E-state index contributed by atoms with van der Waals surface area (Å²) in [6.45, 7) is 0. The monoisotopic (exact) mass is 403 g/mol. The molecule has 4 nitrogen and oxygen atoms in total. The highest BCUT2D eigenvalue weighted by Gasteiger charge is 2.39. The molecule has 7 heteroatoms. The molecule has 1 aliphatic rings. The molecule has 3 aromatic rings. The topological polar surface area (TPSA) is 41.3 Å². The van der Waals surface area contributed by atoms with Crippen molar-refractivity contribution in [3.63, 3.8) is 0 Å². The van der Waals surface area contributed by atoms with Gasteiger partial charge in [0.25, 0.3) is 0 Å². The van der Waals surface area contributed by atoms with E-state index in [4.69, 9.17) is 39.8 Å². The van der Waals surface area contributed by atoms with Gasteiger partial charge in [0.2, 0.25) is 0 Å². The van der Waals surface area contributed by atoms with Gasteiger partial charge in [0, 0.05) is 23.8 Å². The van der Waals surface area contributed by atoms with E-state index in [1.165, 1.54) is 0 Å². The van der Waals surface area contributed by atoms with E-state index in [1.54, 1.807) is 18.3 Å². The number of furan rings is 1. The first-order chi connectivity index (χ1) is 12.5. The molecule has 1 fully saturated rings. The summed E-state index contributed by atoms with van der Waals surface area (Å²) >= 11 is 17.7. The maximum atomic E-state index is 6.31. The van der Waals surface area contributed by atoms with Crippen LogP contribution in [0.1, 0.15) is 23.5 Å². The van der Waals surface area contributed by atoms with Crippen LogP contribution in [0.15, 0.2) is 59.1 Å². The van der Waals surface area contributed by atoms with Gasteiger partial charge >= 0.3 is 0 Å². The predicted molar refractivity (Wildman–Crippen MR) is 107 cm³/mol. The van der Waals surface area contributed by atoms with Crippen LogP contribution >= 0.6 is 35.4 Å². The van der Waals surface area contributed by atoms with Crippen molar-refractivity contribution in [2.24, 2.45) is 0 Å². The lowest BCUT2D eigenvalue weighted by atomic mass is 10.0. The normalized spacial score (nSPS) is 19.7. The molecule has 0 radical (unpaired) electrons. The van der Waals surface area contributed by atoms with Crippen molar-refractivity contribution < 1.29 is 4.42 Å². The van der Waals surface area contributed by atoms with Crippen LogP contribution in [0.3, 0.4) is 0 Å². The van der Waals surface area contributed by atoms with Crippen LogP contribution in [0.4, 0.5) is 0 Å². The van der Waals surface area contributed by atoms with E-state index in [0.29, 0.717) is 20.9 Å². The zero-order valence-electron chi connectivity index (χ0n) is 13.8. The molecule has 0 spiro atoms. The highest BCUT2D eigenvalue weighted by atomic mass is 35.5. The maximum Gasteiger partial charge on any atom is 0.170 e. The van der Waals surface area contributed by atoms with Crippen LogP contribution < -0.4 is 5.32 Å². The Morgan fingerprint density at radius 2 is 2.00 bits per heavy atom. The Kier molecular flexibility index (Phi) is 4.61. The molecule has 0 amide bonds. The number of nitrogens with zero attached hydrogens (tertiary/aromatic N) is 2. The molecule has 2 aromatic heterocycles. The SMILES string of the molecule is CN1C(=S)N[C@@H](c2ccccn2)[C@@H]1c1ccc(-c2ccc(Cl)cc2Cl)o1. The summed E-state index contributed by atoms with van der Waals surface area (Å²) in [6, 6.07) is 14.9. The molecule has 0 aliphatic carbocycles. The van der Waals surface area contributed by atoms with E-state index >= 15 is 0 Å². The Bertz CT molecular complexity index is 960. The van der Waals surface area contributed by atoms with Gasteiger partial charge in [-0.2, -0.15) is 0 Å². The van der Waals surface area contributed by atoms with Gasteiger partial charge in [-0.05, 0) is 54.7 Å². The minimum atomic E-state index is -0.0998. The molecule has 0 unspecified atom stereocenters. The van der Waals surface area contributed by atoms with Gasteiger partial charge in [0.05, 0.1) is 16.8 Å². The van der Waals surface area contributed by atoms with E-state index in [9.17, 15) is 0 Å². The number of benzene rings is 1. The van der Waals surface area contributed by atoms with Gasteiger partial charge in [0.1, 0.15) is 17.6 Å². The average Bonchev–Trinajstić information content (AvgIpc) is 3.21. The number of pyridine rings is 1. The van der Waals surface area contributed by atoms with Crippen molar-refractivity contribution >= 4 is 40.5 Å². The van der Waals surface area contributed by atoms with Gasteiger partial charge in [0.15, 0.2) is 5.11 Å². The molecule has 132 valence electrons. The second kappa shape index (κ2) is 6.91. The van der Waals surface area contributed by atoms with Gasteiger partial charge in [-0.15, -0.1) is 0 Å². The molecule has 1 saturated heterocycles. The summed E-state index contributed by atoms with van der Waals surface area (Å²) in [5.41, 5.74) is 1.71. The first-order valence-electron chi connectivity index (χ1n) is 8.04. The lowest BCUT2D eigenvalue weighted by molar-refractivity contribution is 0.310. The molecule has 2 atom stereocenters. The second-order valence-corrected chi connectivity index (χ2v) is 7.29. The number of rotatable bonds is 3. The zero-order valence-corrected chi connectivity index (χ0v) is 16.1. The lowest BCUT2D eigenvalue weighted by Crippen LogP contribution is -2.24. The molecule has 1 aromatic carbocycles. The van der Waals surface area contributed by atoms with E-state index in [1.807, 2.05) is 48.3 Å². The first-order valence-corrected chi connectivity index (χ1v) is 9.20. The minimum Gasteiger partial charge on any atom is -0.459 e.